The van der Waals surface area contributed by atoms with Crippen molar-refractivity contribution in [3.8, 4) is 5.75 Å². The van der Waals surface area contributed by atoms with Gasteiger partial charge in [0.25, 0.3) is 0 Å². The van der Waals surface area contributed by atoms with Gasteiger partial charge in [0, 0.05) is 5.88 Å². The van der Waals surface area contributed by atoms with Crippen LogP contribution >= 0.6 is 11.6 Å². The highest BCUT2D eigenvalue weighted by atomic mass is 35.5. The van der Waals surface area contributed by atoms with Crippen molar-refractivity contribution in [1.82, 2.24) is 0 Å². The van der Waals surface area contributed by atoms with E-state index < -0.39 is 5.97 Å². The van der Waals surface area contributed by atoms with Crippen molar-refractivity contribution in [2.45, 2.75) is 0 Å². The molecule has 5 heteroatoms. The Morgan fingerprint density at radius 1 is 1.10 bits per heavy atom. The molecular formula is C16H17ClO4. The van der Waals surface area contributed by atoms with Crippen LogP contribution in [0.25, 0.3) is 10.8 Å². The van der Waals surface area contributed by atoms with Crippen molar-refractivity contribution in [3.63, 3.8) is 0 Å². The van der Waals surface area contributed by atoms with Crippen LogP contribution in [0.5, 0.6) is 5.75 Å². The molecule has 0 aromatic heterocycles. The van der Waals surface area contributed by atoms with E-state index in [1.807, 2.05) is 30.3 Å². The first-order chi connectivity index (χ1) is 10.3. The van der Waals surface area contributed by atoms with Gasteiger partial charge in [-0.3, -0.25) is 0 Å². The molecule has 21 heavy (non-hydrogen) atoms. The van der Waals surface area contributed by atoms with Gasteiger partial charge in [0.05, 0.1) is 20.3 Å². The molecule has 0 atom stereocenters. The first-order valence-corrected chi connectivity index (χ1v) is 7.17. The van der Waals surface area contributed by atoms with E-state index in [9.17, 15) is 4.79 Å². The fourth-order valence-electron chi connectivity index (χ4n) is 1.98. The summed E-state index contributed by atoms with van der Waals surface area (Å²) in [4.78, 5) is 11.9. The van der Waals surface area contributed by atoms with Crippen LogP contribution in [0.3, 0.4) is 0 Å². The zero-order valence-electron chi connectivity index (χ0n) is 11.8. The summed E-state index contributed by atoms with van der Waals surface area (Å²) in [7, 11) is 1.35. The normalized spacial score (nSPS) is 10.6. The zero-order chi connectivity index (χ0) is 15.1. The van der Waals surface area contributed by atoms with Crippen molar-refractivity contribution in [3.05, 3.63) is 42.0 Å². The number of rotatable bonds is 7. The summed E-state index contributed by atoms with van der Waals surface area (Å²) in [6.45, 7) is 1.24. The summed E-state index contributed by atoms with van der Waals surface area (Å²) in [5, 5.41) is 1.96. The number of fused-ring (bicyclic) bond motifs is 1. The summed E-state index contributed by atoms with van der Waals surface area (Å²) < 4.78 is 15.7. The molecule has 0 amide bonds. The smallest absolute Gasteiger partial charge is 0.341 e. The van der Waals surface area contributed by atoms with Crippen LogP contribution in [-0.4, -0.2) is 38.8 Å². The largest absolute Gasteiger partial charge is 0.490 e. The van der Waals surface area contributed by atoms with Gasteiger partial charge in [-0.1, -0.05) is 24.3 Å². The van der Waals surface area contributed by atoms with Gasteiger partial charge in [-0.15, -0.1) is 11.6 Å². The highest BCUT2D eigenvalue weighted by Crippen LogP contribution is 2.26. The van der Waals surface area contributed by atoms with Gasteiger partial charge in [-0.25, -0.2) is 4.79 Å². The minimum atomic E-state index is -0.419. The van der Waals surface area contributed by atoms with E-state index in [4.69, 9.17) is 25.8 Å². The van der Waals surface area contributed by atoms with E-state index in [2.05, 4.69) is 0 Å². The second kappa shape index (κ2) is 7.86. The van der Waals surface area contributed by atoms with E-state index in [0.29, 0.717) is 37.0 Å². The molecule has 0 saturated carbocycles. The van der Waals surface area contributed by atoms with Crippen LogP contribution in [0.4, 0.5) is 0 Å². The van der Waals surface area contributed by atoms with Crippen LogP contribution in [0, 0.1) is 0 Å². The molecule has 2 rings (SSSR count). The van der Waals surface area contributed by atoms with Gasteiger partial charge < -0.3 is 14.2 Å². The van der Waals surface area contributed by atoms with Gasteiger partial charge in [0.2, 0.25) is 0 Å². The first kappa shape index (κ1) is 15.6. The molecule has 0 bridgehead atoms. The Kier molecular flexibility index (Phi) is 5.84. The number of methoxy groups -OCH3 is 1. The molecule has 0 heterocycles. The lowest BCUT2D eigenvalue weighted by molar-refractivity contribution is 0.0592. The van der Waals surface area contributed by atoms with Crippen LogP contribution in [-0.2, 0) is 9.47 Å². The second-order valence-electron chi connectivity index (χ2n) is 4.34. The third kappa shape index (κ3) is 4.09. The number of halogens is 1. The maximum absolute atomic E-state index is 11.9. The number of hydrogen-bond donors (Lipinski definition) is 0. The molecule has 112 valence electrons. The van der Waals surface area contributed by atoms with Crippen LogP contribution in [0.15, 0.2) is 36.4 Å². The molecule has 0 fully saturated rings. The Morgan fingerprint density at radius 3 is 2.48 bits per heavy atom. The molecule has 2 aromatic rings. The molecule has 0 N–H and O–H groups in total. The average Bonchev–Trinajstić information content (AvgIpc) is 2.53. The van der Waals surface area contributed by atoms with Crippen molar-refractivity contribution < 1.29 is 19.0 Å². The quantitative estimate of drug-likeness (QED) is 0.447. The SMILES string of the molecule is COC(=O)c1cc2ccccc2cc1OCCOCCCl. The predicted molar refractivity (Wildman–Crippen MR) is 82.3 cm³/mol. The maximum Gasteiger partial charge on any atom is 0.341 e. The van der Waals surface area contributed by atoms with Gasteiger partial charge in [-0.05, 0) is 22.9 Å². The average molecular weight is 309 g/mol. The van der Waals surface area contributed by atoms with Crippen molar-refractivity contribution in [2.75, 3.05) is 32.8 Å². The minimum absolute atomic E-state index is 0.346. The van der Waals surface area contributed by atoms with Gasteiger partial charge in [0.1, 0.15) is 17.9 Å². The molecule has 0 saturated heterocycles. The molecular weight excluding hydrogens is 292 g/mol. The van der Waals surface area contributed by atoms with Crippen molar-refractivity contribution in [1.29, 1.82) is 0 Å². The Morgan fingerprint density at radius 2 is 1.81 bits per heavy atom. The van der Waals surface area contributed by atoms with E-state index in [1.165, 1.54) is 7.11 Å². The van der Waals surface area contributed by atoms with E-state index in [-0.39, 0.29) is 0 Å². The third-order valence-corrected chi connectivity index (χ3v) is 3.11. The summed E-state index contributed by atoms with van der Waals surface area (Å²) >= 11 is 5.52. The molecule has 0 aliphatic rings. The standard InChI is InChI=1S/C16H17ClO4/c1-19-16(18)14-10-12-4-2-3-5-13(12)11-15(14)21-9-8-20-7-6-17/h2-5,10-11H,6-9H2,1H3. The van der Waals surface area contributed by atoms with Crippen molar-refractivity contribution in [2.24, 2.45) is 0 Å². The number of benzene rings is 2. The van der Waals surface area contributed by atoms with E-state index in [1.54, 1.807) is 6.07 Å². The summed E-state index contributed by atoms with van der Waals surface area (Å²) in [5.41, 5.74) is 0.411. The number of ether oxygens (including phenoxy) is 3. The number of hydrogen-bond acceptors (Lipinski definition) is 4. The Bertz CT molecular complexity index is 612. The third-order valence-electron chi connectivity index (χ3n) is 2.96. The molecule has 0 unspecified atom stereocenters. The molecule has 0 spiro atoms. The Labute approximate surface area is 128 Å². The fourth-order valence-corrected chi connectivity index (χ4v) is 2.08. The summed E-state index contributed by atoms with van der Waals surface area (Å²) in [5.74, 6) is 0.524. The van der Waals surface area contributed by atoms with E-state index >= 15 is 0 Å². The minimum Gasteiger partial charge on any atom is -0.490 e. The van der Waals surface area contributed by atoms with Gasteiger partial charge >= 0.3 is 5.97 Å². The van der Waals surface area contributed by atoms with Gasteiger partial charge in [-0.2, -0.15) is 0 Å². The lowest BCUT2D eigenvalue weighted by Gasteiger charge is -2.12. The van der Waals surface area contributed by atoms with E-state index in [0.717, 1.165) is 10.8 Å². The highest BCUT2D eigenvalue weighted by Gasteiger charge is 2.14. The van der Waals surface area contributed by atoms with Crippen molar-refractivity contribution >= 4 is 28.3 Å². The Hall–Kier alpha value is -1.78. The number of carbonyl (C=O) groups is 1. The zero-order valence-corrected chi connectivity index (χ0v) is 12.6. The molecule has 0 aliphatic carbocycles. The summed E-state index contributed by atoms with van der Waals surface area (Å²) in [6, 6.07) is 11.4. The molecule has 0 radical (unpaired) electrons. The maximum atomic E-state index is 11.9. The Balaban J connectivity index is 2.20. The number of carbonyl (C=O) groups excluding carboxylic acids is 1. The lowest BCUT2D eigenvalue weighted by atomic mass is 10.1. The molecule has 0 aliphatic heterocycles. The number of alkyl halides is 1. The fraction of sp³-hybridized carbons (Fsp3) is 0.312. The van der Waals surface area contributed by atoms with Crippen LogP contribution in [0.1, 0.15) is 10.4 Å². The lowest BCUT2D eigenvalue weighted by Crippen LogP contribution is -2.11. The topological polar surface area (TPSA) is 44.8 Å². The van der Waals surface area contributed by atoms with Crippen LogP contribution < -0.4 is 4.74 Å². The number of esters is 1. The highest BCUT2D eigenvalue weighted by molar-refractivity contribution is 6.17. The second-order valence-corrected chi connectivity index (χ2v) is 4.71. The van der Waals surface area contributed by atoms with Gasteiger partial charge in [0.15, 0.2) is 0 Å². The monoisotopic (exact) mass is 308 g/mol. The summed E-state index contributed by atoms with van der Waals surface area (Å²) in [6.07, 6.45) is 0. The molecule has 2 aromatic carbocycles. The predicted octanol–water partition coefficient (Wildman–Crippen LogP) is 3.26. The first-order valence-electron chi connectivity index (χ1n) is 6.64. The molecule has 4 nitrogen and oxygen atoms in total. The van der Waals surface area contributed by atoms with Crippen LogP contribution in [0.2, 0.25) is 0 Å².